The minimum absolute atomic E-state index is 0.0112. The average Bonchev–Trinajstić information content (AvgIpc) is 3.05. The standard InChI is InChI=1S/C35H45F2NO5S/c1-6-8-16-35(17-9-7-2)23-44(40,41)32-15-12-26(38(4)5)22-27(32)33(34(35)39)25-11-14-31(29(37)21-25)43-19-18-42-30-13-10-24(3)20-28(30)36/h10-15,20-22,33-34,39H,6-9,16-19,23H2,1-5H3/t33?,34-/m1/s1. The van der Waals surface area contributed by atoms with Crippen LogP contribution in [0.15, 0.2) is 59.5 Å². The van der Waals surface area contributed by atoms with Crippen molar-refractivity contribution in [2.75, 3.05) is 38.0 Å². The zero-order chi connectivity index (χ0) is 32.1. The van der Waals surface area contributed by atoms with Gasteiger partial charge in [0.1, 0.15) is 13.2 Å². The van der Waals surface area contributed by atoms with E-state index in [4.69, 9.17) is 9.47 Å². The van der Waals surface area contributed by atoms with Gasteiger partial charge in [-0.15, -0.1) is 0 Å². The Labute approximate surface area is 260 Å². The van der Waals surface area contributed by atoms with Gasteiger partial charge in [-0.1, -0.05) is 51.7 Å². The first-order valence-corrected chi connectivity index (χ1v) is 17.1. The van der Waals surface area contributed by atoms with E-state index in [9.17, 15) is 17.9 Å². The molecule has 2 atom stereocenters. The number of benzene rings is 3. The highest BCUT2D eigenvalue weighted by Crippen LogP contribution is 2.50. The lowest BCUT2D eigenvalue weighted by molar-refractivity contribution is 0.0126. The monoisotopic (exact) mass is 629 g/mol. The van der Waals surface area contributed by atoms with Crippen molar-refractivity contribution < 1.29 is 31.8 Å². The zero-order valence-electron chi connectivity index (χ0n) is 26.4. The fourth-order valence-electron chi connectivity index (χ4n) is 6.24. The number of aliphatic hydroxyl groups excluding tert-OH is 1. The van der Waals surface area contributed by atoms with E-state index in [2.05, 4.69) is 13.8 Å². The van der Waals surface area contributed by atoms with Crippen molar-refractivity contribution in [3.8, 4) is 11.5 Å². The number of fused-ring (bicyclic) bond motifs is 1. The van der Waals surface area contributed by atoms with E-state index in [-0.39, 0.29) is 35.4 Å². The van der Waals surface area contributed by atoms with Crippen LogP contribution in [0.4, 0.5) is 14.5 Å². The highest BCUT2D eigenvalue weighted by atomic mass is 32.2. The summed E-state index contributed by atoms with van der Waals surface area (Å²) in [6, 6.07) is 14.4. The summed E-state index contributed by atoms with van der Waals surface area (Å²) >= 11 is 0. The molecule has 0 fully saturated rings. The fourth-order valence-corrected chi connectivity index (χ4v) is 8.44. The van der Waals surface area contributed by atoms with Crippen molar-refractivity contribution >= 4 is 15.5 Å². The number of hydrogen-bond donors (Lipinski definition) is 1. The molecule has 3 aromatic rings. The van der Waals surface area contributed by atoms with Crippen LogP contribution in [0.25, 0.3) is 0 Å². The Morgan fingerprint density at radius 3 is 2.02 bits per heavy atom. The van der Waals surface area contributed by atoms with Crippen LogP contribution in [0, 0.1) is 24.0 Å². The predicted molar refractivity (Wildman–Crippen MR) is 171 cm³/mol. The molecule has 0 radical (unpaired) electrons. The number of aryl methyl sites for hydroxylation is 1. The van der Waals surface area contributed by atoms with Gasteiger partial charge in [-0.05, 0) is 78.9 Å². The van der Waals surface area contributed by atoms with Crippen LogP contribution >= 0.6 is 0 Å². The summed E-state index contributed by atoms with van der Waals surface area (Å²) in [4.78, 5) is 2.06. The van der Waals surface area contributed by atoms with Crippen LogP contribution in [0.2, 0.25) is 0 Å². The number of anilines is 1. The maximum atomic E-state index is 15.6. The van der Waals surface area contributed by atoms with Gasteiger partial charge in [0.2, 0.25) is 0 Å². The number of hydrogen-bond acceptors (Lipinski definition) is 6. The Morgan fingerprint density at radius 1 is 0.886 bits per heavy atom. The topological polar surface area (TPSA) is 76.1 Å². The van der Waals surface area contributed by atoms with Crippen LogP contribution in [0.1, 0.15) is 75.0 Å². The zero-order valence-corrected chi connectivity index (χ0v) is 27.2. The number of nitrogens with zero attached hydrogens (tertiary/aromatic N) is 1. The van der Waals surface area contributed by atoms with Crippen LogP contribution in [-0.4, -0.2) is 52.7 Å². The van der Waals surface area contributed by atoms with Crippen molar-refractivity contribution in [2.45, 2.75) is 76.2 Å². The lowest BCUT2D eigenvalue weighted by atomic mass is 9.68. The second kappa shape index (κ2) is 14.3. The smallest absolute Gasteiger partial charge is 0.179 e. The van der Waals surface area contributed by atoms with Crippen molar-refractivity contribution in [1.82, 2.24) is 0 Å². The van der Waals surface area contributed by atoms with Crippen LogP contribution in [-0.2, 0) is 9.84 Å². The van der Waals surface area contributed by atoms with E-state index in [0.717, 1.165) is 36.9 Å². The van der Waals surface area contributed by atoms with E-state index in [0.29, 0.717) is 24.0 Å². The second-order valence-corrected chi connectivity index (χ2v) is 14.1. The molecule has 0 bridgehead atoms. The summed E-state index contributed by atoms with van der Waals surface area (Å²) in [5, 5.41) is 12.3. The number of ether oxygens (including phenoxy) is 2. The first-order chi connectivity index (χ1) is 20.9. The van der Waals surface area contributed by atoms with Crippen molar-refractivity contribution in [2.24, 2.45) is 5.41 Å². The minimum Gasteiger partial charge on any atom is -0.487 e. The molecular weight excluding hydrogens is 584 g/mol. The molecule has 0 aromatic heterocycles. The van der Waals surface area contributed by atoms with Gasteiger partial charge < -0.3 is 19.5 Å². The molecule has 1 N–H and O–H groups in total. The molecule has 240 valence electrons. The molecule has 0 aliphatic carbocycles. The molecule has 9 heteroatoms. The lowest BCUT2D eigenvalue weighted by Crippen LogP contribution is -2.43. The molecule has 44 heavy (non-hydrogen) atoms. The van der Waals surface area contributed by atoms with Gasteiger partial charge in [-0.3, -0.25) is 0 Å². The highest BCUT2D eigenvalue weighted by Gasteiger charge is 2.49. The Hall–Kier alpha value is -3.17. The SMILES string of the molecule is CCCCC1(CCCC)CS(=O)(=O)c2ccc(N(C)C)cc2C(c2ccc(OCCOc3ccc(C)cc3F)c(F)c2)[C@H]1O. The Balaban J connectivity index is 1.70. The molecule has 0 spiro atoms. The molecule has 1 aliphatic rings. The van der Waals surface area contributed by atoms with Gasteiger partial charge in [0.05, 0.1) is 16.8 Å². The summed E-state index contributed by atoms with van der Waals surface area (Å²) in [6.07, 6.45) is 3.34. The van der Waals surface area contributed by atoms with E-state index < -0.39 is 38.9 Å². The molecule has 1 aliphatic heterocycles. The molecule has 3 aromatic carbocycles. The molecule has 0 amide bonds. The summed E-state index contributed by atoms with van der Waals surface area (Å²) in [5.41, 5.74) is 1.63. The normalized spacial score (nSPS) is 18.7. The van der Waals surface area contributed by atoms with Gasteiger partial charge >= 0.3 is 0 Å². The average molecular weight is 630 g/mol. The number of sulfone groups is 1. The Morgan fingerprint density at radius 2 is 1.48 bits per heavy atom. The van der Waals surface area contributed by atoms with Gasteiger partial charge in [0.25, 0.3) is 0 Å². The molecule has 1 unspecified atom stereocenters. The molecule has 4 rings (SSSR count). The molecule has 0 saturated carbocycles. The summed E-state index contributed by atoms with van der Waals surface area (Å²) in [7, 11) is -0.0246. The minimum atomic E-state index is -3.76. The van der Waals surface area contributed by atoms with Crippen LogP contribution in [0.5, 0.6) is 11.5 Å². The maximum absolute atomic E-state index is 15.6. The third-order valence-corrected chi connectivity index (χ3v) is 10.7. The molecular formula is C35H45F2NO5S. The number of unbranched alkanes of at least 4 members (excludes halogenated alkanes) is 2. The van der Waals surface area contributed by atoms with Crippen molar-refractivity contribution in [3.63, 3.8) is 0 Å². The fraction of sp³-hybridized carbons (Fsp3) is 0.486. The first-order valence-electron chi connectivity index (χ1n) is 15.5. The maximum Gasteiger partial charge on any atom is 0.179 e. The number of halogens is 2. The van der Waals surface area contributed by atoms with E-state index in [1.54, 1.807) is 43.3 Å². The molecule has 0 saturated heterocycles. The second-order valence-electron chi connectivity index (χ2n) is 12.2. The Bertz CT molecular complexity index is 1530. The summed E-state index contributed by atoms with van der Waals surface area (Å²) in [6.45, 7) is 5.89. The first kappa shape index (κ1) is 33.7. The van der Waals surface area contributed by atoms with E-state index >= 15 is 4.39 Å². The van der Waals surface area contributed by atoms with Crippen molar-refractivity contribution in [1.29, 1.82) is 0 Å². The van der Waals surface area contributed by atoms with E-state index in [1.807, 2.05) is 19.0 Å². The summed E-state index contributed by atoms with van der Waals surface area (Å²) in [5.74, 6) is -1.96. The number of rotatable bonds is 13. The van der Waals surface area contributed by atoms with Crippen molar-refractivity contribution in [3.05, 3.63) is 82.9 Å². The lowest BCUT2D eigenvalue weighted by Gasteiger charge is -2.40. The van der Waals surface area contributed by atoms with Gasteiger partial charge in [-0.25, -0.2) is 17.2 Å². The molecule has 6 nitrogen and oxygen atoms in total. The largest absolute Gasteiger partial charge is 0.487 e. The van der Waals surface area contributed by atoms with Crippen LogP contribution in [0.3, 0.4) is 0 Å². The van der Waals surface area contributed by atoms with Gasteiger partial charge in [-0.2, -0.15) is 0 Å². The molecule has 1 heterocycles. The number of aliphatic hydroxyl groups is 1. The third kappa shape index (κ3) is 7.37. The van der Waals surface area contributed by atoms with Gasteiger partial charge in [0, 0.05) is 31.1 Å². The Kier molecular flexibility index (Phi) is 10.9. The highest BCUT2D eigenvalue weighted by molar-refractivity contribution is 7.91. The predicted octanol–water partition coefficient (Wildman–Crippen LogP) is 7.44. The third-order valence-electron chi connectivity index (χ3n) is 8.66. The summed E-state index contributed by atoms with van der Waals surface area (Å²) < 4.78 is 68.7. The van der Waals surface area contributed by atoms with Crippen LogP contribution < -0.4 is 14.4 Å². The quantitative estimate of drug-likeness (QED) is 0.198. The van der Waals surface area contributed by atoms with E-state index in [1.165, 1.54) is 18.2 Å². The van der Waals surface area contributed by atoms with Gasteiger partial charge in [0.15, 0.2) is 33.0 Å².